The van der Waals surface area contributed by atoms with E-state index in [0.717, 1.165) is 10.5 Å². The molecular weight excluding hydrogens is 1840 g/mol. The molecule has 0 saturated carbocycles. The Kier molecular flexibility index (Phi) is 36.0. The van der Waals surface area contributed by atoms with Crippen LogP contribution in [0.1, 0.15) is 224 Å². The fraction of sp³-hybridized carbons (Fsp3) is 0.562. The van der Waals surface area contributed by atoms with Crippen molar-refractivity contribution in [2.45, 2.75) is 318 Å². The molecule has 4 aliphatic rings. The number of Topliss-reactive ketones (excluding diaryl/α,β-unsaturated/α-hetero) is 2. The fourth-order valence-corrected chi connectivity index (χ4v) is 19.7. The van der Waals surface area contributed by atoms with E-state index in [9.17, 15) is 75.9 Å². The first-order valence-electron chi connectivity index (χ1n) is 49.2. The summed E-state index contributed by atoms with van der Waals surface area (Å²) in [6.07, 6.45) is -0.707. The lowest BCUT2D eigenvalue weighted by Crippen LogP contribution is -2.55. The van der Waals surface area contributed by atoms with Crippen molar-refractivity contribution in [2.24, 2.45) is 17.8 Å². The zero-order valence-corrected chi connectivity index (χ0v) is 85.5. The Hall–Kier alpha value is -12.7. The number of aromatic amines is 4. The fourth-order valence-electron chi connectivity index (χ4n) is 19.7. The van der Waals surface area contributed by atoms with Crippen molar-refractivity contribution in [3.63, 3.8) is 0 Å². The van der Waals surface area contributed by atoms with Gasteiger partial charge in [0, 0.05) is 166 Å². The topological polar surface area (TPSA) is 413 Å². The molecule has 772 valence electrons. The SMILES string of the molecule is CC[C@H](CC(=O)[C@H](C)N(C)C(=O)OC(C)(C)C)C(=O)N1C[C@@H](OC(C)=O)CC1Cc1c(-c2[nH]c3cc(F)ccc3c2C[C@@H]2C[C@H](OC(C)=O)CN2C(=O)[C@H](CC)NC(=O)[C@H](C)N(C)C(=O)OC(C)(C)C)[nH]c2cc(F)ccc12.CC[C@H](CC(=O)[C@H](C)NC)C(=O)N1C[C@@H](OC(C)=O)CC1Cc1c(-c2[nH]c3cc(F)ccc3c2C[C@@H]2C[C@H](OC(C)=O)CN2C(=O)[C@H](CC)NC(=O)[C@H](C)CC)[nH]c2cc(F)ccc12. The Morgan fingerprint density at radius 2 is 0.669 bits per heavy atom. The van der Waals surface area contributed by atoms with E-state index in [1.165, 1.54) is 102 Å². The zero-order chi connectivity index (χ0) is 104. The van der Waals surface area contributed by atoms with Gasteiger partial charge in [0.15, 0.2) is 5.78 Å². The number of rotatable bonds is 36. The van der Waals surface area contributed by atoms with E-state index in [0.29, 0.717) is 115 Å². The van der Waals surface area contributed by atoms with E-state index in [4.69, 9.17) is 28.4 Å². The van der Waals surface area contributed by atoms with Crippen molar-refractivity contribution < 1.29 is 113 Å². The summed E-state index contributed by atoms with van der Waals surface area (Å²) in [4.78, 5) is 210. The van der Waals surface area contributed by atoms with Gasteiger partial charge in [-0.25, -0.2) is 27.2 Å². The summed E-state index contributed by atoms with van der Waals surface area (Å²) in [5.74, 6) is -8.47. The molecule has 7 N–H and O–H groups in total. The third kappa shape index (κ3) is 26.4. The monoisotopic (exact) mass is 1980 g/mol. The highest BCUT2D eigenvalue weighted by atomic mass is 19.1. The van der Waals surface area contributed by atoms with Gasteiger partial charge in [-0.3, -0.25) is 62.4 Å². The minimum absolute atomic E-state index is 0.00913. The van der Waals surface area contributed by atoms with Crippen LogP contribution < -0.4 is 16.0 Å². The van der Waals surface area contributed by atoms with Gasteiger partial charge in [-0.15, -0.1) is 0 Å². The highest BCUT2D eigenvalue weighted by molar-refractivity contribution is 6.00. The first-order valence-corrected chi connectivity index (χ1v) is 49.2. The van der Waals surface area contributed by atoms with Crippen LogP contribution in [0.5, 0.6) is 0 Å². The number of H-pyrrole nitrogens is 4. The lowest BCUT2D eigenvalue weighted by Gasteiger charge is -2.31. The van der Waals surface area contributed by atoms with Crippen LogP contribution in [0, 0.1) is 41.0 Å². The minimum Gasteiger partial charge on any atom is -0.461 e. The number of ketones is 2. The van der Waals surface area contributed by atoms with Crippen LogP contribution in [0.2, 0.25) is 0 Å². The van der Waals surface area contributed by atoms with Crippen LogP contribution in [0.15, 0.2) is 72.8 Å². The van der Waals surface area contributed by atoms with Crippen molar-refractivity contribution in [3.05, 3.63) is 118 Å². The van der Waals surface area contributed by atoms with Gasteiger partial charge in [-0.1, -0.05) is 41.5 Å². The molecule has 4 fully saturated rings. The molecule has 0 bridgehead atoms. The molecule has 4 aliphatic heterocycles. The maximum Gasteiger partial charge on any atom is 0.410 e. The van der Waals surface area contributed by atoms with Gasteiger partial charge in [-0.2, -0.15) is 0 Å². The standard InChI is InChI=1S/C57H77F2N7O12.C48H62F2N6O8/c1-15-34(21-48(69)30(3)63(13)54(73)77-56(7,8)9)52(71)65-28-39(75-32(5)67)24-37(65)26-43-41-19-17-35(58)22-46(41)60-49(43)50-44(42-20-18-36(59)23-47(42)61-50)27-38-25-40(76-33(6)68)29-66(38)53(72)45(16-2)62-51(70)31(4)64(14)55(74)78-57(10,11)12;1-9-25(4)46(60)54-40(11-3)48(62)56-24-35(64-28(7)58)20-33(56)22-39-37-15-13-31(50)18-42(37)53-45(39)44-38(36-14-12-30(49)17-41(36)52-44)21-32-19-34(63-27(6)57)23-55(32)47(61)29(10-2)16-43(59)26(5)51-8/h17-20,22-23,30-31,34,37-40,45,60-61H,15-16,21,24-29H2,1-14H3,(H,62,70);12-15,17-18,25-26,29,32-35,40,51-53H,9-11,16,19-24H2,1-8H3,(H,54,60)/t30-,31-,34+,37?,38-,39-,40-,45-;25-,26+,29-,32?,33+,34+,35+,40+/m01/s1. The summed E-state index contributed by atoms with van der Waals surface area (Å²) in [6.45, 7) is 31.4. The van der Waals surface area contributed by atoms with E-state index in [1.807, 2.05) is 20.8 Å². The van der Waals surface area contributed by atoms with Gasteiger partial charge < -0.3 is 88.8 Å². The number of carbonyl (C=O) groups excluding carboxylic acids is 14. The van der Waals surface area contributed by atoms with Crippen molar-refractivity contribution in [3.8, 4) is 22.8 Å². The summed E-state index contributed by atoms with van der Waals surface area (Å²) >= 11 is 0. The summed E-state index contributed by atoms with van der Waals surface area (Å²) < 4.78 is 94.1. The number of hydrogen-bond donors (Lipinski definition) is 7. The third-order valence-electron chi connectivity index (χ3n) is 27.7. The highest BCUT2D eigenvalue weighted by Crippen LogP contribution is 2.45. The Morgan fingerprint density at radius 1 is 0.394 bits per heavy atom. The van der Waals surface area contributed by atoms with Crippen LogP contribution in [-0.4, -0.2) is 270 Å². The third-order valence-corrected chi connectivity index (χ3v) is 27.7. The average molecular weight is 1980 g/mol. The molecule has 0 spiro atoms. The molecule has 0 radical (unpaired) electrons. The summed E-state index contributed by atoms with van der Waals surface area (Å²) in [5.41, 5.74) is 4.88. The van der Waals surface area contributed by atoms with Gasteiger partial charge in [0.25, 0.3) is 0 Å². The van der Waals surface area contributed by atoms with Crippen LogP contribution >= 0.6 is 0 Å². The van der Waals surface area contributed by atoms with Crippen LogP contribution in [-0.2, 0) is 112 Å². The Balaban J connectivity index is 0.000000276. The minimum atomic E-state index is -1.06. The number of amides is 8. The molecule has 4 saturated heterocycles. The Morgan fingerprint density at radius 3 is 0.930 bits per heavy atom. The number of ether oxygens (including phenoxy) is 6. The predicted molar refractivity (Wildman–Crippen MR) is 525 cm³/mol. The smallest absolute Gasteiger partial charge is 0.410 e. The molecule has 37 heteroatoms. The number of halogens is 4. The number of likely N-dealkylation sites (tertiary alicyclic amines) is 4. The molecule has 33 nitrogen and oxygen atoms in total. The van der Waals surface area contributed by atoms with Crippen LogP contribution in [0.4, 0.5) is 27.2 Å². The van der Waals surface area contributed by atoms with Crippen LogP contribution in [0.25, 0.3) is 66.4 Å². The maximum atomic E-state index is 15.2. The van der Waals surface area contributed by atoms with Crippen molar-refractivity contribution in [1.82, 2.24) is 65.3 Å². The van der Waals surface area contributed by atoms with Gasteiger partial charge in [0.1, 0.15) is 82.8 Å². The molecule has 142 heavy (non-hydrogen) atoms. The number of esters is 4. The Labute approximate surface area is 825 Å². The van der Waals surface area contributed by atoms with Gasteiger partial charge in [0.2, 0.25) is 35.4 Å². The number of nitrogens with one attached hydrogen (secondary N) is 7. The maximum absolute atomic E-state index is 15.2. The van der Waals surface area contributed by atoms with Gasteiger partial charge in [-0.05, 0) is 222 Å². The number of benzene rings is 4. The lowest BCUT2D eigenvalue weighted by molar-refractivity contribution is -0.147. The largest absolute Gasteiger partial charge is 0.461 e. The quantitative estimate of drug-likeness (QED) is 0.0109. The van der Waals surface area contributed by atoms with Gasteiger partial charge >= 0.3 is 36.1 Å². The number of aromatic nitrogens is 4. The van der Waals surface area contributed by atoms with E-state index in [1.54, 1.807) is 127 Å². The average Bonchev–Trinajstić information content (AvgIpc) is 1.59. The number of likely N-dealkylation sites (N-methyl/N-ethyl adjacent to an activating group) is 3. The molecule has 8 aromatic rings. The van der Waals surface area contributed by atoms with Crippen molar-refractivity contribution in [2.75, 3.05) is 47.3 Å². The van der Waals surface area contributed by atoms with E-state index in [-0.39, 0.29) is 132 Å². The Bertz CT molecular complexity index is 5670. The second-order valence-electron chi connectivity index (χ2n) is 40.3. The molecule has 4 aromatic carbocycles. The summed E-state index contributed by atoms with van der Waals surface area (Å²) in [6, 6.07) is 10.8. The summed E-state index contributed by atoms with van der Waals surface area (Å²) in [7, 11) is 4.58. The molecule has 0 aliphatic carbocycles. The number of hydrogen-bond acceptors (Lipinski definition) is 21. The van der Waals surface area contributed by atoms with E-state index >= 15 is 8.78 Å². The molecule has 12 rings (SSSR count). The molecule has 4 aromatic heterocycles. The first-order chi connectivity index (χ1) is 66.8. The van der Waals surface area contributed by atoms with E-state index < -0.39 is 173 Å². The molecule has 2 unspecified atom stereocenters. The number of nitrogens with zero attached hydrogens (tertiary/aromatic N) is 6. The summed E-state index contributed by atoms with van der Waals surface area (Å²) in [5, 5.41) is 11.2. The molecule has 8 heterocycles. The molecule has 8 amide bonds. The van der Waals surface area contributed by atoms with Crippen molar-refractivity contribution in [1.29, 1.82) is 0 Å². The van der Waals surface area contributed by atoms with E-state index in [2.05, 4.69) is 35.9 Å². The normalized spacial score (nSPS) is 19.8. The number of carbonyl (C=O) groups is 14. The van der Waals surface area contributed by atoms with Crippen LogP contribution in [0.3, 0.4) is 0 Å². The first kappa shape index (κ1) is 110. The van der Waals surface area contributed by atoms with Crippen molar-refractivity contribution >= 4 is 127 Å². The lowest BCUT2D eigenvalue weighted by atomic mass is 9.93. The molecular formula is C105H139F4N13O20. The number of fused-ring (bicyclic) bond motifs is 4. The molecule has 16 atom stereocenters. The highest BCUT2D eigenvalue weighted by Gasteiger charge is 2.48. The second-order valence-corrected chi connectivity index (χ2v) is 40.3. The predicted octanol–water partition coefficient (Wildman–Crippen LogP) is 14.4. The van der Waals surface area contributed by atoms with Gasteiger partial charge in [0.05, 0.1) is 61.0 Å². The second kappa shape index (κ2) is 46.6. The zero-order valence-electron chi connectivity index (χ0n) is 85.5.